The average Bonchev–Trinajstić information content (AvgIpc) is 3.24. The summed E-state index contributed by atoms with van der Waals surface area (Å²) >= 11 is 3.20. The Kier molecular flexibility index (Phi) is 5.41. The fourth-order valence-corrected chi connectivity index (χ4v) is 3.00. The number of phenols is 1. The van der Waals surface area contributed by atoms with Crippen LogP contribution in [0.4, 0.5) is 4.79 Å². The zero-order valence-electron chi connectivity index (χ0n) is 14.8. The van der Waals surface area contributed by atoms with Crippen molar-refractivity contribution >= 4 is 39.9 Å². The van der Waals surface area contributed by atoms with E-state index in [-0.39, 0.29) is 35.3 Å². The van der Waals surface area contributed by atoms with Gasteiger partial charge < -0.3 is 24.3 Å². The highest BCUT2D eigenvalue weighted by molar-refractivity contribution is 9.10. The molecule has 0 saturated carbocycles. The highest BCUT2D eigenvalue weighted by Crippen LogP contribution is 2.36. The molecule has 10 heteroatoms. The van der Waals surface area contributed by atoms with E-state index < -0.39 is 17.9 Å². The second kappa shape index (κ2) is 7.77. The lowest BCUT2D eigenvalue weighted by Gasteiger charge is -2.09. The Morgan fingerprint density at radius 2 is 2.07 bits per heavy atom. The maximum atomic E-state index is 12.6. The molecule has 0 spiro atoms. The minimum atomic E-state index is -0.657. The van der Waals surface area contributed by atoms with Gasteiger partial charge in [-0.05, 0) is 51.8 Å². The molecule has 1 aromatic heterocycles. The average molecular weight is 451 g/mol. The summed E-state index contributed by atoms with van der Waals surface area (Å²) in [5.74, 6) is -0.867. The van der Waals surface area contributed by atoms with E-state index in [0.29, 0.717) is 10.0 Å². The monoisotopic (exact) mass is 450 g/mol. The lowest BCUT2D eigenvalue weighted by molar-refractivity contribution is -0.123. The number of ether oxygens (including phenoxy) is 2. The van der Waals surface area contributed by atoms with Crippen molar-refractivity contribution in [2.75, 3.05) is 14.2 Å². The van der Waals surface area contributed by atoms with Gasteiger partial charge in [-0.2, -0.15) is 0 Å². The van der Waals surface area contributed by atoms with Crippen LogP contribution in [0, 0.1) is 0 Å². The molecule has 1 fully saturated rings. The van der Waals surface area contributed by atoms with E-state index in [9.17, 15) is 19.5 Å². The first-order valence-electron chi connectivity index (χ1n) is 7.92. The number of methoxy groups -OCH3 is 2. The van der Waals surface area contributed by atoms with Crippen molar-refractivity contribution in [1.82, 2.24) is 10.2 Å². The maximum Gasteiger partial charge on any atom is 0.373 e. The van der Waals surface area contributed by atoms with Gasteiger partial charge in [0.1, 0.15) is 11.5 Å². The molecule has 1 saturated heterocycles. The summed E-state index contributed by atoms with van der Waals surface area (Å²) in [7, 11) is 2.62. The van der Waals surface area contributed by atoms with Crippen LogP contribution < -0.4 is 10.1 Å². The van der Waals surface area contributed by atoms with Crippen LogP contribution in [0.2, 0.25) is 0 Å². The number of aromatic hydroxyl groups is 1. The lowest BCUT2D eigenvalue weighted by Crippen LogP contribution is -2.30. The predicted octanol–water partition coefficient (Wildman–Crippen LogP) is 2.64. The molecule has 9 nitrogen and oxygen atoms in total. The Hall–Kier alpha value is -3.27. The van der Waals surface area contributed by atoms with Gasteiger partial charge in [-0.25, -0.2) is 9.59 Å². The van der Waals surface area contributed by atoms with Gasteiger partial charge in [-0.15, -0.1) is 0 Å². The largest absolute Gasteiger partial charge is 0.503 e. The molecule has 3 rings (SSSR count). The first kappa shape index (κ1) is 19.5. The van der Waals surface area contributed by atoms with E-state index in [4.69, 9.17) is 9.15 Å². The van der Waals surface area contributed by atoms with E-state index in [1.54, 1.807) is 6.07 Å². The van der Waals surface area contributed by atoms with E-state index in [0.717, 1.165) is 4.90 Å². The van der Waals surface area contributed by atoms with Crippen molar-refractivity contribution in [3.8, 4) is 11.5 Å². The van der Waals surface area contributed by atoms with Crippen molar-refractivity contribution in [3.63, 3.8) is 0 Å². The number of rotatable bonds is 5. The Labute approximate surface area is 167 Å². The second-order valence-electron chi connectivity index (χ2n) is 5.69. The first-order valence-corrected chi connectivity index (χ1v) is 8.71. The zero-order valence-corrected chi connectivity index (χ0v) is 16.4. The van der Waals surface area contributed by atoms with Gasteiger partial charge in [0, 0.05) is 0 Å². The van der Waals surface area contributed by atoms with Crippen molar-refractivity contribution in [1.29, 1.82) is 0 Å². The van der Waals surface area contributed by atoms with Gasteiger partial charge in [0.25, 0.3) is 5.91 Å². The van der Waals surface area contributed by atoms with E-state index in [2.05, 4.69) is 26.0 Å². The van der Waals surface area contributed by atoms with Crippen LogP contribution in [0.25, 0.3) is 6.08 Å². The van der Waals surface area contributed by atoms with Crippen LogP contribution in [0.15, 0.2) is 38.9 Å². The highest BCUT2D eigenvalue weighted by Gasteiger charge is 2.34. The molecule has 0 bridgehead atoms. The van der Waals surface area contributed by atoms with Gasteiger partial charge >= 0.3 is 12.0 Å². The van der Waals surface area contributed by atoms with Gasteiger partial charge in [0.05, 0.1) is 25.2 Å². The van der Waals surface area contributed by atoms with Gasteiger partial charge in [0.2, 0.25) is 5.76 Å². The quantitative estimate of drug-likeness (QED) is 0.408. The summed E-state index contributed by atoms with van der Waals surface area (Å²) in [6.45, 7) is -0.151. The molecule has 0 atom stereocenters. The van der Waals surface area contributed by atoms with E-state index in [1.807, 2.05) is 0 Å². The minimum absolute atomic E-state index is 0.0265. The molecular weight excluding hydrogens is 436 g/mol. The van der Waals surface area contributed by atoms with Crippen LogP contribution in [0.5, 0.6) is 11.5 Å². The molecule has 1 aromatic carbocycles. The Morgan fingerprint density at radius 1 is 1.32 bits per heavy atom. The van der Waals surface area contributed by atoms with Crippen LogP contribution in [0.3, 0.4) is 0 Å². The third-order valence-corrected chi connectivity index (χ3v) is 4.51. The number of carbonyl (C=O) groups excluding carboxylic acids is 3. The number of carbonyl (C=O) groups is 3. The van der Waals surface area contributed by atoms with Gasteiger partial charge in [-0.3, -0.25) is 9.69 Å². The number of hydrogen-bond acceptors (Lipinski definition) is 7. The minimum Gasteiger partial charge on any atom is -0.503 e. The molecule has 1 aliphatic rings. The SMILES string of the molecule is COC(=O)c1ccc(CN2C(=O)N/C(=C\c3cc(Br)c(O)c(OC)c3)C2=O)o1. The molecule has 28 heavy (non-hydrogen) atoms. The molecule has 0 radical (unpaired) electrons. The number of imide groups is 1. The number of hydrogen-bond donors (Lipinski definition) is 2. The summed E-state index contributed by atoms with van der Waals surface area (Å²) in [5, 5.41) is 12.3. The molecule has 2 N–H and O–H groups in total. The first-order chi connectivity index (χ1) is 13.3. The van der Waals surface area contributed by atoms with Crippen molar-refractivity contribution < 1.29 is 33.4 Å². The standard InChI is InChI=1S/C18H15BrN2O7/c1-26-14-7-9(5-11(19)15(14)22)6-12-16(23)21(18(25)20-12)8-10-3-4-13(28-10)17(24)27-2/h3-7,22H,8H2,1-2H3,(H,20,25)/b12-6-. The third kappa shape index (κ3) is 3.72. The number of urea groups is 1. The van der Waals surface area contributed by atoms with Crippen molar-refractivity contribution in [2.24, 2.45) is 0 Å². The molecule has 1 aliphatic heterocycles. The number of furan rings is 1. The molecule has 0 aliphatic carbocycles. The topological polar surface area (TPSA) is 118 Å². The van der Waals surface area contributed by atoms with Crippen molar-refractivity contribution in [2.45, 2.75) is 6.54 Å². The smallest absolute Gasteiger partial charge is 0.373 e. The fraction of sp³-hybridized carbons (Fsp3) is 0.167. The van der Waals surface area contributed by atoms with Crippen LogP contribution >= 0.6 is 15.9 Å². The van der Waals surface area contributed by atoms with Crippen molar-refractivity contribution in [3.05, 3.63) is 51.5 Å². The summed E-state index contributed by atoms with van der Waals surface area (Å²) in [5.41, 5.74) is 0.572. The van der Waals surface area contributed by atoms with Crippen LogP contribution in [-0.4, -0.2) is 42.1 Å². The zero-order chi connectivity index (χ0) is 20.4. The number of nitrogens with one attached hydrogen (secondary N) is 1. The highest BCUT2D eigenvalue weighted by atomic mass is 79.9. The Balaban J connectivity index is 1.82. The molecule has 2 heterocycles. The summed E-state index contributed by atoms with van der Waals surface area (Å²) in [6, 6.07) is 5.34. The normalized spacial score (nSPS) is 15.1. The molecule has 3 amide bonds. The lowest BCUT2D eigenvalue weighted by atomic mass is 10.1. The molecule has 0 unspecified atom stereocenters. The number of phenolic OH excluding ortho intramolecular Hbond substituents is 1. The number of esters is 1. The third-order valence-electron chi connectivity index (χ3n) is 3.91. The number of benzene rings is 1. The maximum absolute atomic E-state index is 12.6. The number of amides is 3. The predicted molar refractivity (Wildman–Crippen MR) is 99.5 cm³/mol. The fourth-order valence-electron chi connectivity index (χ4n) is 2.54. The van der Waals surface area contributed by atoms with Gasteiger partial charge in [-0.1, -0.05) is 0 Å². The number of nitrogens with zero attached hydrogens (tertiary/aromatic N) is 1. The van der Waals surface area contributed by atoms with E-state index in [1.165, 1.54) is 38.5 Å². The Morgan fingerprint density at radius 3 is 2.75 bits per heavy atom. The molecular formula is C18H15BrN2O7. The van der Waals surface area contributed by atoms with E-state index >= 15 is 0 Å². The molecule has 146 valence electrons. The summed E-state index contributed by atoms with van der Waals surface area (Å²) in [6.07, 6.45) is 1.45. The summed E-state index contributed by atoms with van der Waals surface area (Å²) < 4.78 is 15.3. The summed E-state index contributed by atoms with van der Waals surface area (Å²) in [4.78, 5) is 37.1. The van der Waals surface area contributed by atoms with Crippen LogP contribution in [-0.2, 0) is 16.1 Å². The van der Waals surface area contributed by atoms with Crippen LogP contribution in [0.1, 0.15) is 21.9 Å². The number of halogens is 1. The van der Waals surface area contributed by atoms with Gasteiger partial charge in [0.15, 0.2) is 11.5 Å². The second-order valence-corrected chi connectivity index (χ2v) is 6.54. The molecule has 2 aromatic rings. The Bertz CT molecular complexity index is 996.